The smallest absolute Gasteiger partial charge is 0.234 e. The number of nitrogen functional groups attached to an aromatic ring is 1. The number of carbonyl (C=O) groups is 1. The third-order valence-corrected chi connectivity index (χ3v) is 3.81. The normalized spacial score (nSPS) is 10.7. The predicted octanol–water partition coefficient (Wildman–Crippen LogP) is 2.12. The first-order valence-corrected chi connectivity index (χ1v) is 7.54. The zero-order valence-corrected chi connectivity index (χ0v) is 12.6. The van der Waals surface area contributed by atoms with Gasteiger partial charge in [-0.05, 0) is 36.4 Å². The second-order valence-electron chi connectivity index (χ2n) is 4.50. The van der Waals surface area contributed by atoms with Crippen LogP contribution in [0.25, 0.3) is 11.6 Å². The van der Waals surface area contributed by atoms with E-state index in [1.807, 2.05) is 0 Å². The molecule has 2 aromatic heterocycles. The zero-order chi connectivity index (χ0) is 16.2. The Labute approximate surface area is 134 Å². The minimum Gasteiger partial charge on any atom is -0.461 e. The van der Waals surface area contributed by atoms with Crippen molar-refractivity contribution in [2.75, 3.05) is 16.9 Å². The zero-order valence-electron chi connectivity index (χ0n) is 11.8. The van der Waals surface area contributed by atoms with E-state index in [4.69, 9.17) is 10.3 Å². The van der Waals surface area contributed by atoms with Crippen LogP contribution in [-0.2, 0) is 4.79 Å². The highest BCUT2D eigenvalue weighted by Gasteiger charge is 2.15. The van der Waals surface area contributed by atoms with Crippen molar-refractivity contribution in [1.82, 2.24) is 14.9 Å². The van der Waals surface area contributed by atoms with E-state index in [1.54, 1.807) is 12.1 Å². The topological polar surface area (TPSA) is 99.0 Å². The number of benzene rings is 1. The Morgan fingerprint density at radius 1 is 1.30 bits per heavy atom. The molecule has 23 heavy (non-hydrogen) atoms. The summed E-state index contributed by atoms with van der Waals surface area (Å²) in [6, 6.07) is 8.94. The SMILES string of the molecule is Nn1c(SCC(=O)Nc2ccc(F)cc2)nnc1-c1ccco1. The first-order chi connectivity index (χ1) is 11.1. The number of thioether (sulfide) groups is 1. The third kappa shape index (κ3) is 3.51. The van der Waals surface area contributed by atoms with Crippen molar-refractivity contribution in [2.45, 2.75) is 5.16 Å². The van der Waals surface area contributed by atoms with Crippen LogP contribution in [0.4, 0.5) is 10.1 Å². The lowest BCUT2D eigenvalue weighted by atomic mass is 10.3. The van der Waals surface area contributed by atoms with E-state index < -0.39 is 0 Å². The number of nitrogens with two attached hydrogens (primary N) is 1. The summed E-state index contributed by atoms with van der Waals surface area (Å²) in [6.07, 6.45) is 1.51. The lowest BCUT2D eigenvalue weighted by Gasteiger charge is -2.05. The van der Waals surface area contributed by atoms with Gasteiger partial charge in [-0.3, -0.25) is 4.79 Å². The number of nitrogens with one attached hydrogen (secondary N) is 1. The van der Waals surface area contributed by atoms with Crippen LogP contribution in [0.15, 0.2) is 52.2 Å². The molecule has 3 aromatic rings. The van der Waals surface area contributed by atoms with Gasteiger partial charge < -0.3 is 15.6 Å². The van der Waals surface area contributed by atoms with E-state index in [2.05, 4.69) is 15.5 Å². The third-order valence-electron chi connectivity index (χ3n) is 2.87. The average molecular weight is 333 g/mol. The van der Waals surface area contributed by atoms with Gasteiger partial charge in [-0.2, -0.15) is 0 Å². The van der Waals surface area contributed by atoms with E-state index in [-0.39, 0.29) is 17.5 Å². The number of furan rings is 1. The molecule has 1 amide bonds. The van der Waals surface area contributed by atoms with Crippen molar-refractivity contribution in [3.8, 4) is 11.6 Å². The molecule has 0 saturated carbocycles. The van der Waals surface area contributed by atoms with Gasteiger partial charge >= 0.3 is 0 Å². The molecule has 0 radical (unpaired) electrons. The van der Waals surface area contributed by atoms with Crippen LogP contribution < -0.4 is 11.2 Å². The van der Waals surface area contributed by atoms with Gasteiger partial charge in [0.05, 0.1) is 12.0 Å². The maximum atomic E-state index is 12.8. The van der Waals surface area contributed by atoms with Crippen LogP contribution in [0, 0.1) is 5.82 Å². The summed E-state index contributed by atoms with van der Waals surface area (Å²) in [5.41, 5.74) is 0.516. The molecule has 0 fully saturated rings. The van der Waals surface area contributed by atoms with Gasteiger partial charge in [-0.25, -0.2) is 9.07 Å². The highest BCUT2D eigenvalue weighted by molar-refractivity contribution is 7.99. The van der Waals surface area contributed by atoms with Gasteiger partial charge in [-0.1, -0.05) is 11.8 Å². The lowest BCUT2D eigenvalue weighted by molar-refractivity contribution is -0.113. The van der Waals surface area contributed by atoms with Gasteiger partial charge in [0, 0.05) is 5.69 Å². The molecule has 0 saturated heterocycles. The number of aromatic nitrogens is 3. The highest BCUT2D eigenvalue weighted by Crippen LogP contribution is 2.21. The molecule has 118 valence electrons. The number of nitrogens with zero attached hydrogens (tertiary/aromatic N) is 3. The molecule has 0 aliphatic heterocycles. The summed E-state index contributed by atoms with van der Waals surface area (Å²) >= 11 is 1.13. The van der Waals surface area contributed by atoms with Crippen molar-refractivity contribution >= 4 is 23.4 Å². The van der Waals surface area contributed by atoms with E-state index in [1.165, 1.54) is 35.2 Å². The number of amides is 1. The van der Waals surface area contributed by atoms with Gasteiger partial charge in [0.25, 0.3) is 0 Å². The monoisotopic (exact) mass is 333 g/mol. The highest BCUT2D eigenvalue weighted by atomic mass is 32.2. The van der Waals surface area contributed by atoms with Crippen LogP contribution >= 0.6 is 11.8 Å². The maximum absolute atomic E-state index is 12.8. The Morgan fingerprint density at radius 2 is 2.09 bits per heavy atom. The van der Waals surface area contributed by atoms with Gasteiger partial charge in [-0.15, -0.1) is 10.2 Å². The second-order valence-corrected chi connectivity index (χ2v) is 5.44. The molecule has 0 spiro atoms. The largest absolute Gasteiger partial charge is 0.461 e. The fourth-order valence-electron chi connectivity index (χ4n) is 1.81. The molecular formula is C14H12FN5O2S. The Hall–Kier alpha value is -2.81. The Balaban J connectivity index is 1.60. The Bertz CT molecular complexity index is 801. The van der Waals surface area contributed by atoms with Crippen molar-refractivity contribution in [3.05, 3.63) is 48.5 Å². The molecule has 0 atom stereocenters. The number of anilines is 1. The Morgan fingerprint density at radius 3 is 2.78 bits per heavy atom. The molecule has 2 heterocycles. The molecule has 0 unspecified atom stereocenters. The van der Waals surface area contributed by atoms with E-state index in [0.717, 1.165) is 11.8 Å². The maximum Gasteiger partial charge on any atom is 0.234 e. The van der Waals surface area contributed by atoms with Crippen LogP contribution in [0.5, 0.6) is 0 Å². The summed E-state index contributed by atoms with van der Waals surface area (Å²) in [7, 11) is 0. The van der Waals surface area contributed by atoms with Crippen molar-refractivity contribution in [2.24, 2.45) is 0 Å². The molecule has 3 rings (SSSR count). The number of rotatable bonds is 5. The number of hydrogen-bond donors (Lipinski definition) is 2. The van der Waals surface area contributed by atoms with Crippen molar-refractivity contribution < 1.29 is 13.6 Å². The van der Waals surface area contributed by atoms with Crippen LogP contribution in [0.1, 0.15) is 0 Å². The van der Waals surface area contributed by atoms with E-state index in [0.29, 0.717) is 22.4 Å². The van der Waals surface area contributed by atoms with E-state index in [9.17, 15) is 9.18 Å². The van der Waals surface area contributed by atoms with Gasteiger partial charge in [0.1, 0.15) is 5.82 Å². The van der Waals surface area contributed by atoms with Crippen LogP contribution in [0.2, 0.25) is 0 Å². The van der Waals surface area contributed by atoms with Crippen LogP contribution in [0.3, 0.4) is 0 Å². The summed E-state index contributed by atoms with van der Waals surface area (Å²) < 4.78 is 19.3. The van der Waals surface area contributed by atoms with Crippen LogP contribution in [-0.4, -0.2) is 26.5 Å². The molecule has 3 N–H and O–H groups in total. The minimum absolute atomic E-state index is 0.0882. The Kier molecular flexibility index (Phi) is 4.29. The first kappa shape index (κ1) is 15.1. The van der Waals surface area contributed by atoms with Gasteiger partial charge in [0.15, 0.2) is 5.76 Å². The number of hydrogen-bond acceptors (Lipinski definition) is 6. The predicted molar refractivity (Wildman–Crippen MR) is 83.6 cm³/mol. The van der Waals surface area contributed by atoms with Gasteiger partial charge in [0.2, 0.25) is 16.9 Å². The lowest BCUT2D eigenvalue weighted by Crippen LogP contribution is -2.16. The fraction of sp³-hybridized carbons (Fsp3) is 0.0714. The van der Waals surface area contributed by atoms with Crippen molar-refractivity contribution in [3.63, 3.8) is 0 Å². The summed E-state index contributed by atoms with van der Waals surface area (Å²) in [5.74, 6) is 6.21. The minimum atomic E-state index is -0.362. The summed E-state index contributed by atoms with van der Waals surface area (Å²) in [4.78, 5) is 11.9. The quantitative estimate of drug-likeness (QED) is 0.548. The second kappa shape index (κ2) is 6.53. The standard InChI is InChI=1S/C14H12FN5O2S/c15-9-3-5-10(6-4-9)17-12(21)8-23-14-19-18-13(20(14)16)11-2-1-7-22-11/h1-7H,8,16H2,(H,17,21). The number of halogens is 1. The summed E-state index contributed by atoms with van der Waals surface area (Å²) in [5, 5.41) is 10.9. The first-order valence-electron chi connectivity index (χ1n) is 6.56. The molecular weight excluding hydrogens is 321 g/mol. The fourth-order valence-corrected chi connectivity index (χ4v) is 2.47. The van der Waals surface area contributed by atoms with E-state index >= 15 is 0 Å². The molecule has 9 heteroatoms. The molecule has 1 aromatic carbocycles. The molecule has 0 aliphatic rings. The molecule has 7 nitrogen and oxygen atoms in total. The average Bonchev–Trinajstić information content (AvgIpc) is 3.17. The van der Waals surface area contributed by atoms with Crippen molar-refractivity contribution in [1.29, 1.82) is 0 Å². The number of carbonyl (C=O) groups excluding carboxylic acids is 1. The molecule has 0 aliphatic carbocycles. The summed E-state index contributed by atoms with van der Waals surface area (Å²) in [6.45, 7) is 0. The molecule has 0 bridgehead atoms.